The van der Waals surface area contributed by atoms with Crippen LogP contribution in [-0.2, 0) is 10.0 Å². The van der Waals surface area contributed by atoms with E-state index in [1.165, 1.54) is 10.4 Å². The molecule has 1 aliphatic heterocycles. The van der Waals surface area contributed by atoms with Gasteiger partial charge in [0.1, 0.15) is 5.82 Å². The van der Waals surface area contributed by atoms with Crippen LogP contribution < -0.4 is 5.73 Å². The normalized spacial score (nSPS) is 20.6. The molecule has 3 N–H and O–H groups in total. The number of fused-ring (bicyclic) bond motifs is 1. The van der Waals surface area contributed by atoms with Gasteiger partial charge in [-0.05, 0) is 36.8 Å². The molecule has 1 aromatic heterocycles. The Hall–Kier alpha value is -1.70. The van der Waals surface area contributed by atoms with Crippen LogP contribution in [0.25, 0.3) is 10.9 Å². The molecule has 1 aliphatic rings. The van der Waals surface area contributed by atoms with Crippen molar-refractivity contribution >= 4 is 26.7 Å². The number of rotatable bonds is 2. The molecule has 1 fully saturated rings. The van der Waals surface area contributed by atoms with Gasteiger partial charge >= 0.3 is 0 Å². The average Bonchev–Trinajstić information content (AvgIpc) is 2.85. The molecule has 0 bridgehead atoms. The number of pyridine rings is 1. The molecule has 2 heterocycles. The van der Waals surface area contributed by atoms with Crippen LogP contribution in [-0.4, -0.2) is 42.0 Å². The molecule has 1 aromatic carbocycles. The van der Waals surface area contributed by atoms with E-state index in [0.717, 1.165) is 5.39 Å². The first-order chi connectivity index (χ1) is 9.46. The molecule has 20 heavy (non-hydrogen) atoms. The highest BCUT2D eigenvalue weighted by atomic mass is 32.2. The number of sulfonamides is 1. The average molecular weight is 293 g/mol. The molecular weight excluding hydrogens is 278 g/mol. The fourth-order valence-corrected chi connectivity index (χ4v) is 3.89. The van der Waals surface area contributed by atoms with E-state index in [9.17, 15) is 13.5 Å². The summed E-state index contributed by atoms with van der Waals surface area (Å²) in [4.78, 5) is 4.35. The van der Waals surface area contributed by atoms with Crippen molar-refractivity contribution in [3.63, 3.8) is 0 Å². The molecule has 1 saturated heterocycles. The molecule has 3 rings (SSSR count). The summed E-state index contributed by atoms with van der Waals surface area (Å²) in [6, 6.07) is 8.13. The van der Waals surface area contributed by atoms with Crippen LogP contribution in [0, 0.1) is 0 Å². The Morgan fingerprint density at radius 2 is 2.10 bits per heavy atom. The quantitative estimate of drug-likeness (QED) is 0.844. The predicted molar refractivity (Wildman–Crippen MR) is 75.5 cm³/mol. The van der Waals surface area contributed by atoms with E-state index in [-0.39, 0.29) is 11.4 Å². The summed E-state index contributed by atoms with van der Waals surface area (Å²) >= 11 is 0. The first-order valence-electron chi connectivity index (χ1n) is 6.31. The zero-order valence-electron chi connectivity index (χ0n) is 10.7. The summed E-state index contributed by atoms with van der Waals surface area (Å²) < 4.78 is 26.2. The predicted octanol–water partition coefficient (Wildman–Crippen LogP) is 0.572. The molecular formula is C13H15N3O3S. The number of aliphatic hydroxyl groups is 1. The molecule has 7 heteroatoms. The lowest BCUT2D eigenvalue weighted by molar-refractivity contribution is 0.189. The molecule has 0 saturated carbocycles. The monoisotopic (exact) mass is 293 g/mol. The lowest BCUT2D eigenvalue weighted by Gasteiger charge is -2.16. The van der Waals surface area contributed by atoms with Crippen molar-refractivity contribution < 1.29 is 13.5 Å². The molecule has 1 unspecified atom stereocenters. The minimum atomic E-state index is -3.56. The zero-order chi connectivity index (χ0) is 14.3. The standard InChI is InChI=1S/C13H15N3O3S/c14-13-4-1-9-7-11(2-3-12(9)15-13)20(18,19)16-6-5-10(17)8-16/h1-4,7,10,17H,5-6,8H2,(H2,14,15). The van der Waals surface area contributed by atoms with E-state index in [4.69, 9.17) is 5.73 Å². The van der Waals surface area contributed by atoms with Gasteiger partial charge in [0, 0.05) is 18.5 Å². The largest absolute Gasteiger partial charge is 0.392 e. The number of nitrogens with two attached hydrogens (primary N) is 1. The first-order valence-corrected chi connectivity index (χ1v) is 7.75. The summed E-state index contributed by atoms with van der Waals surface area (Å²) in [5.41, 5.74) is 6.25. The molecule has 2 aromatic rings. The minimum absolute atomic E-state index is 0.153. The Morgan fingerprint density at radius 3 is 2.80 bits per heavy atom. The van der Waals surface area contributed by atoms with E-state index < -0.39 is 16.1 Å². The Labute approximate surface area is 116 Å². The molecule has 1 atom stereocenters. The number of aromatic nitrogens is 1. The molecule has 6 nitrogen and oxygen atoms in total. The van der Waals surface area contributed by atoms with E-state index in [0.29, 0.717) is 24.3 Å². The summed E-state index contributed by atoms with van der Waals surface area (Å²) in [5, 5.41) is 10.2. The Morgan fingerprint density at radius 1 is 1.30 bits per heavy atom. The van der Waals surface area contributed by atoms with Crippen LogP contribution in [0.2, 0.25) is 0 Å². The molecule has 0 amide bonds. The zero-order valence-corrected chi connectivity index (χ0v) is 11.5. The van der Waals surface area contributed by atoms with Crippen LogP contribution in [0.1, 0.15) is 6.42 Å². The van der Waals surface area contributed by atoms with Crippen molar-refractivity contribution in [3.05, 3.63) is 30.3 Å². The molecule has 0 aliphatic carbocycles. The van der Waals surface area contributed by atoms with E-state index in [1.54, 1.807) is 24.3 Å². The number of hydrogen-bond acceptors (Lipinski definition) is 5. The highest BCUT2D eigenvalue weighted by Crippen LogP contribution is 2.24. The molecule has 0 spiro atoms. The van der Waals surface area contributed by atoms with Crippen molar-refractivity contribution in [2.24, 2.45) is 0 Å². The fraction of sp³-hybridized carbons (Fsp3) is 0.308. The van der Waals surface area contributed by atoms with Crippen LogP contribution in [0.3, 0.4) is 0 Å². The lowest BCUT2D eigenvalue weighted by atomic mass is 10.2. The summed E-state index contributed by atoms with van der Waals surface area (Å²) in [6.07, 6.45) is -0.100. The smallest absolute Gasteiger partial charge is 0.243 e. The number of β-amino-alcohol motifs (C(OH)–C–C–N with tert-alkyl or cyclic N) is 1. The topological polar surface area (TPSA) is 96.5 Å². The second-order valence-corrected chi connectivity index (χ2v) is 6.83. The highest BCUT2D eigenvalue weighted by Gasteiger charge is 2.31. The van der Waals surface area contributed by atoms with Gasteiger partial charge < -0.3 is 10.8 Å². The van der Waals surface area contributed by atoms with Gasteiger partial charge in [0.25, 0.3) is 0 Å². The third-order valence-electron chi connectivity index (χ3n) is 3.45. The lowest BCUT2D eigenvalue weighted by Crippen LogP contribution is -2.29. The van der Waals surface area contributed by atoms with Gasteiger partial charge in [-0.1, -0.05) is 0 Å². The number of benzene rings is 1. The van der Waals surface area contributed by atoms with Crippen LogP contribution >= 0.6 is 0 Å². The second kappa shape index (κ2) is 4.69. The van der Waals surface area contributed by atoms with Crippen molar-refractivity contribution in [3.8, 4) is 0 Å². The van der Waals surface area contributed by atoms with E-state index in [1.807, 2.05) is 0 Å². The SMILES string of the molecule is Nc1ccc2cc(S(=O)(=O)N3CCC(O)C3)ccc2n1. The van der Waals surface area contributed by atoms with Crippen LogP contribution in [0.15, 0.2) is 35.2 Å². The number of aliphatic hydroxyl groups excluding tert-OH is 1. The van der Waals surface area contributed by atoms with E-state index in [2.05, 4.69) is 4.98 Å². The summed E-state index contributed by atoms with van der Waals surface area (Å²) in [5.74, 6) is 0.399. The van der Waals surface area contributed by atoms with Crippen LogP contribution in [0.5, 0.6) is 0 Å². The highest BCUT2D eigenvalue weighted by molar-refractivity contribution is 7.89. The first kappa shape index (κ1) is 13.3. The van der Waals surface area contributed by atoms with E-state index >= 15 is 0 Å². The minimum Gasteiger partial charge on any atom is -0.392 e. The van der Waals surface area contributed by atoms with Gasteiger partial charge in [0.15, 0.2) is 0 Å². The number of nitrogens with zero attached hydrogens (tertiary/aromatic N) is 2. The van der Waals surface area contributed by atoms with Crippen LogP contribution in [0.4, 0.5) is 5.82 Å². The maximum absolute atomic E-state index is 12.5. The van der Waals surface area contributed by atoms with Gasteiger partial charge in [0.05, 0.1) is 16.5 Å². The van der Waals surface area contributed by atoms with Gasteiger partial charge in [-0.25, -0.2) is 13.4 Å². The maximum atomic E-state index is 12.5. The maximum Gasteiger partial charge on any atom is 0.243 e. The third-order valence-corrected chi connectivity index (χ3v) is 5.31. The Balaban J connectivity index is 2.03. The molecule has 106 valence electrons. The van der Waals surface area contributed by atoms with Crippen molar-refractivity contribution in [2.45, 2.75) is 17.4 Å². The van der Waals surface area contributed by atoms with Crippen molar-refractivity contribution in [1.29, 1.82) is 0 Å². The van der Waals surface area contributed by atoms with Gasteiger partial charge in [-0.3, -0.25) is 0 Å². The van der Waals surface area contributed by atoms with Crippen molar-refractivity contribution in [1.82, 2.24) is 9.29 Å². The summed E-state index contributed by atoms with van der Waals surface area (Å²) in [7, 11) is -3.56. The van der Waals surface area contributed by atoms with Crippen molar-refractivity contribution in [2.75, 3.05) is 18.8 Å². The number of hydrogen-bond donors (Lipinski definition) is 2. The molecule has 0 radical (unpaired) electrons. The third kappa shape index (κ3) is 2.24. The second-order valence-electron chi connectivity index (χ2n) is 4.90. The van der Waals surface area contributed by atoms with Gasteiger partial charge in [-0.15, -0.1) is 0 Å². The number of nitrogen functional groups attached to an aromatic ring is 1. The number of anilines is 1. The van der Waals surface area contributed by atoms with Gasteiger partial charge in [0.2, 0.25) is 10.0 Å². The Kier molecular flexibility index (Phi) is 3.12. The fourth-order valence-electron chi connectivity index (χ4n) is 2.36. The summed E-state index contributed by atoms with van der Waals surface area (Å²) in [6.45, 7) is 0.502. The Bertz CT molecular complexity index is 761. The van der Waals surface area contributed by atoms with Gasteiger partial charge in [-0.2, -0.15) is 4.31 Å².